The van der Waals surface area contributed by atoms with E-state index in [0.29, 0.717) is 12.0 Å². The number of rotatable bonds is 6. The largest absolute Gasteiger partial charge is 0.416 e. The maximum absolute atomic E-state index is 12.8. The first-order valence-electron chi connectivity index (χ1n) is 11.8. The number of terminal acetylenes is 1. The van der Waals surface area contributed by atoms with Crippen LogP contribution in [0.4, 0.5) is 13.2 Å². The summed E-state index contributed by atoms with van der Waals surface area (Å²) < 4.78 is 38.5. The van der Waals surface area contributed by atoms with Gasteiger partial charge in [-0.05, 0) is 67.5 Å². The molecule has 8 heteroatoms. The van der Waals surface area contributed by atoms with Gasteiger partial charge in [0.1, 0.15) is 0 Å². The van der Waals surface area contributed by atoms with Gasteiger partial charge >= 0.3 is 6.18 Å². The molecule has 2 fully saturated rings. The lowest BCUT2D eigenvalue weighted by Crippen LogP contribution is -2.63. The average molecular weight is 484 g/mol. The topological polar surface area (TPSA) is 61.4 Å². The molecule has 0 unspecified atom stereocenters. The number of likely N-dealkylation sites (tertiary alicyclic amines) is 1. The smallest absolute Gasteiger partial charge is 0.349 e. The van der Waals surface area contributed by atoms with Crippen molar-refractivity contribution in [1.82, 2.24) is 15.5 Å². The van der Waals surface area contributed by atoms with Gasteiger partial charge in [0.25, 0.3) is 5.91 Å². The normalized spacial score (nSPS) is 21.0. The van der Waals surface area contributed by atoms with Crippen molar-refractivity contribution in [2.24, 2.45) is 0 Å². The number of benzene rings is 2. The standard InChI is InChI=1S/C27H28F3N3O2/c1-2-18-5-3-6-20(13-18)19-9-11-24(12-10-19)33-16-23(17-33)32-25(34)15-31-26(35)21-7-4-8-22(14-21)27(28,29)30/h1,3-8,13-14,19,23-24H,9-12,15-17H2,(H,31,35)(H,32,34). The Bertz CT molecular complexity index is 1110. The number of amides is 2. The summed E-state index contributed by atoms with van der Waals surface area (Å²) in [5, 5.41) is 5.27. The highest BCUT2D eigenvalue weighted by Crippen LogP contribution is 2.36. The highest BCUT2D eigenvalue weighted by atomic mass is 19.4. The molecule has 2 aromatic rings. The van der Waals surface area contributed by atoms with Gasteiger partial charge in [-0.25, -0.2) is 0 Å². The van der Waals surface area contributed by atoms with Gasteiger partial charge in [0.2, 0.25) is 5.91 Å². The number of halogens is 3. The quantitative estimate of drug-likeness (QED) is 0.612. The van der Waals surface area contributed by atoms with Crippen LogP contribution < -0.4 is 10.6 Å². The van der Waals surface area contributed by atoms with E-state index in [1.165, 1.54) is 17.7 Å². The molecule has 2 amide bonds. The zero-order valence-electron chi connectivity index (χ0n) is 19.3. The molecule has 4 rings (SSSR count). The summed E-state index contributed by atoms with van der Waals surface area (Å²) in [5.74, 6) is 2.15. The van der Waals surface area contributed by atoms with Crippen LogP contribution >= 0.6 is 0 Å². The van der Waals surface area contributed by atoms with Gasteiger partial charge in [-0.15, -0.1) is 6.42 Å². The fraction of sp³-hybridized carbons (Fsp3) is 0.407. The highest BCUT2D eigenvalue weighted by Gasteiger charge is 2.35. The fourth-order valence-corrected chi connectivity index (χ4v) is 4.94. The lowest BCUT2D eigenvalue weighted by atomic mass is 9.80. The molecule has 1 aliphatic heterocycles. The summed E-state index contributed by atoms with van der Waals surface area (Å²) in [5.41, 5.74) is 1.18. The predicted molar refractivity (Wildman–Crippen MR) is 127 cm³/mol. The van der Waals surface area contributed by atoms with E-state index in [9.17, 15) is 22.8 Å². The first kappa shape index (κ1) is 24.8. The summed E-state index contributed by atoms with van der Waals surface area (Å²) in [6, 6.07) is 12.8. The SMILES string of the molecule is C#Cc1cccc(C2CCC(N3CC(NC(=O)CNC(=O)c4cccc(C(F)(F)F)c4)C3)CC2)c1. The van der Waals surface area contributed by atoms with Gasteiger partial charge in [-0.2, -0.15) is 13.2 Å². The molecule has 0 atom stereocenters. The van der Waals surface area contributed by atoms with E-state index in [0.717, 1.165) is 56.5 Å². The minimum absolute atomic E-state index is 0.0120. The van der Waals surface area contributed by atoms with Crippen LogP contribution in [-0.4, -0.2) is 48.4 Å². The van der Waals surface area contributed by atoms with Crippen LogP contribution in [0.15, 0.2) is 48.5 Å². The van der Waals surface area contributed by atoms with E-state index < -0.39 is 17.6 Å². The minimum Gasteiger partial charge on any atom is -0.349 e. The minimum atomic E-state index is -4.53. The van der Waals surface area contributed by atoms with Crippen LogP contribution in [0.2, 0.25) is 0 Å². The highest BCUT2D eigenvalue weighted by molar-refractivity contribution is 5.96. The van der Waals surface area contributed by atoms with Crippen LogP contribution in [-0.2, 0) is 11.0 Å². The average Bonchev–Trinajstić information content (AvgIpc) is 2.84. The Labute approximate surface area is 203 Å². The molecule has 1 saturated carbocycles. The van der Waals surface area contributed by atoms with Crippen LogP contribution in [0.1, 0.15) is 58.6 Å². The van der Waals surface area contributed by atoms with E-state index in [1.54, 1.807) is 0 Å². The molecule has 184 valence electrons. The van der Waals surface area contributed by atoms with Crippen molar-refractivity contribution in [3.05, 3.63) is 70.8 Å². The Morgan fingerprint density at radius 2 is 1.74 bits per heavy atom. The maximum atomic E-state index is 12.8. The molecule has 1 heterocycles. The Kier molecular flexibility index (Phi) is 7.46. The van der Waals surface area contributed by atoms with E-state index in [1.807, 2.05) is 12.1 Å². The second-order valence-corrected chi connectivity index (χ2v) is 9.25. The number of hydrogen-bond donors (Lipinski definition) is 2. The van der Waals surface area contributed by atoms with Gasteiger partial charge in [0.05, 0.1) is 18.2 Å². The van der Waals surface area contributed by atoms with Crippen molar-refractivity contribution >= 4 is 11.8 Å². The molecule has 2 N–H and O–H groups in total. The zero-order valence-corrected chi connectivity index (χ0v) is 19.3. The zero-order chi connectivity index (χ0) is 25.0. The Morgan fingerprint density at radius 3 is 2.43 bits per heavy atom. The Morgan fingerprint density at radius 1 is 1.03 bits per heavy atom. The van der Waals surface area contributed by atoms with Crippen LogP contribution in [0, 0.1) is 12.3 Å². The van der Waals surface area contributed by atoms with E-state index in [4.69, 9.17) is 6.42 Å². The summed E-state index contributed by atoms with van der Waals surface area (Å²) in [4.78, 5) is 26.7. The number of carbonyl (C=O) groups is 2. The second kappa shape index (κ2) is 10.5. The summed E-state index contributed by atoms with van der Waals surface area (Å²) in [6.07, 6.45) is 5.39. The van der Waals surface area contributed by atoms with Crippen molar-refractivity contribution in [2.75, 3.05) is 19.6 Å². The molecular formula is C27H28F3N3O2. The maximum Gasteiger partial charge on any atom is 0.416 e. The van der Waals surface area contributed by atoms with Crippen LogP contribution in [0.3, 0.4) is 0 Å². The Balaban J connectivity index is 1.16. The van der Waals surface area contributed by atoms with Crippen LogP contribution in [0.5, 0.6) is 0 Å². The number of alkyl halides is 3. The number of nitrogens with one attached hydrogen (secondary N) is 2. The monoisotopic (exact) mass is 483 g/mol. The molecule has 5 nitrogen and oxygen atoms in total. The van der Waals surface area contributed by atoms with Crippen molar-refractivity contribution in [1.29, 1.82) is 0 Å². The van der Waals surface area contributed by atoms with Gasteiger partial charge in [0, 0.05) is 30.3 Å². The van der Waals surface area contributed by atoms with Crippen molar-refractivity contribution < 1.29 is 22.8 Å². The van der Waals surface area contributed by atoms with Gasteiger partial charge in [-0.1, -0.05) is 24.1 Å². The molecule has 0 spiro atoms. The molecule has 0 bridgehead atoms. The molecule has 2 aromatic carbocycles. The Hall–Kier alpha value is -3.31. The third-order valence-corrected chi connectivity index (χ3v) is 6.87. The molecule has 35 heavy (non-hydrogen) atoms. The van der Waals surface area contributed by atoms with Gasteiger partial charge < -0.3 is 10.6 Å². The second-order valence-electron chi connectivity index (χ2n) is 9.25. The van der Waals surface area contributed by atoms with Crippen molar-refractivity contribution in [3.8, 4) is 12.3 Å². The number of nitrogens with zero attached hydrogens (tertiary/aromatic N) is 1. The summed E-state index contributed by atoms with van der Waals surface area (Å²) >= 11 is 0. The van der Waals surface area contributed by atoms with Crippen molar-refractivity contribution in [2.45, 2.75) is 49.9 Å². The molecule has 1 aliphatic carbocycles. The number of hydrogen-bond acceptors (Lipinski definition) is 3. The molecule has 0 aromatic heterocycles. The van der Waals surface area contributed by atoms with E-state index in [2.05, 4.69) is 33.6 Å². The molecular weight excluding hydrogens is 455 g/mol. The first-order chi connectivity index (χ1) is 16.7. The molecule has 0 radical (unpaired) electrons. The third-order valence-electron chi connectivity index (χ3n) is 6.87. The van der Waals surface area contributed by atoms with E-state index in [-0.39, 0.29) is 24.1 Å². The summed E-state index contributed by atoms with van der Waals surface area (Å²) in [7, 11) is 0. The predicted octanol–water partition coefficient (Wildman–Crippen LogP) is 3.94. The third kappa shape index (κ3) is 6.23. The fourth-order valence-electron chi connectivity index (χ4n) is 4.94. The van der Waals surface area contributed by atoms with E-state index >= 15 is 0 Å². The molecule has 2 aliphatic rings. The lowest BCUT2D eigenvalue weighted by Gasteiger charge is -2.46. The van der Waals surface area contributed by atoms with Gasteiger partial charge in [0.15, 0.2) is 0 Å². The number of carbonyl (C=O) groups excluding carboxylic acids is 2. The van der Waals surface area contributed by atoms with Crippen molar-refractivity contribution in [3.63, 3.8) is 0 Å². The van der Waals surface area contributed by atoms with Gasteiger partial charge in [-0.3, -0.25) is 14.5 Å². The summed E-state index contributed by atoms with van der Waals surface area (Å²) in [6.45, 7) is 1.23. The lowest BCUT2D eigenvalue weighted by molar-refractivity contribution is -0.137. The first-order valence-corrected chi connectivity index (χ1v) is 11.8. The van der Waals surface area contributed by atoms with Crippen LogP contribution in [0.25, 0.3) is 0 Å². The molecule has 1 saturated heterocycles.